The zero-order valence-electron chi connectivity index (χ0n) is 13.9. The van der Waals surface area contributed by atoms with Gasteiger partial charge in [0.1, 0.15) is 11.1 Å². The molecule has 3 fully saturated rings. The van der Waals surface area contributed by atoms with Crippen LogP contribution in [0.15, 0.2) is 17.0 Å². The topological polar surface area (TPSA) is 42.4 Å². The zero-order chi connectivity index (χ0) is 16.1. The van der Waals surface area contributed by atoms with Gasteiger partial charge in [-0.1, -0.05) is 6.08 Å². The average molecular weight is 344 g/mol. The normalized spacial score (nSPS) is 32.8. The van der Waals surface area contributed by atoms with Crippen molar-refractivity contribution in [2.75, 3.05) is 13.1 Å². The number of likely N-dealkylation sites (tertiary alicyclic amines) is 1. The maximum Gasteiger partial charge on any atom is 0.249 e. The molecule has 0 spiro atoms. The first-order valence-corrected chi connectivity index (χ1v) is 10.2. The Labute approximate surface area is 146 Å². The van der Waals surface area contributed by atoms with Crippen LogP contribution in [-0.2, 0) is 9.53 Å². The highest BCUT2D eigenvalue weighted by Crippen LogP contribution is 2.45. The standard InChI is InChI=1S/C19H24N2O2S/c22-19(13-3-1-2-4-13)21-8-7-14-9-16(23-17(14)10-21)18-20-15(11-24-18)12-5-6-12/h3,11-12,14,16-17H,1-2,4-10H2/t14-,16-,17+/m1/s1. The number of hydrogen-bond acceptors (Lipinski definition) is 4. The van der Waals surface area contributed by atoms with Crippen LogP contribution >= 0.6 is 11.3 Å². The van der Waals surface area contributed by atoms with E-state index in [1.807, 2.05) is 4.90 Å². The van der Waals surface area contributed by atoms with Crippen molar-refractivity contribution in [1.29, 1.82) is 0 Å². The second-order valence-electron chi connectivity index (χ2n) is 7.71. The summed E-state index contributed by atoms with van der Waals surface area (Å²) in [6.45, 7) is 1.65. The fourth-order valence-corrected chi connectivity index (χ4v) is 5.31. The van der Waals surface area contributed by atoms with Gasteiger partial charge < -0.3 is 9.64 Å². The van der Waals surface area contributed by atoms with Gasteiger partial charge in [-0.2, -0.15) is 0 Å². The van der Waals surface area contributed by atoms with Gasteiger partial charge in [0.05, 0.1) is 11.8 Å². The summed E-state index contributed by atoms with van der Waals surface area (Å²) in [4.78, 5) is 19.5. The molecule has 24 heavy (non-hydrogen) atoms. The van der Waals surface area contributed by atoms with Crippen LogP contribution in [-0.4, -0.2) is 35.0 Å². The van der Waals surface area contributed by atoms with Gasteiger partial charge in [0.2, 0.25) is 5.91 Å². The van der Waals surface area contributed by atoms with Gasteiger partial charge in [-0.15, -0.1) is 11.3 Å². The molecule has 1 amide bonds. The van der Waals surface area contributed by atoms with E-state index in [1.165, 1.54) is 18.5 Å². The van der Waals surface area contributed by atoms with E-state index in [4.69, 9.17) is 9.72 Å². The number of ether oxygens (including phenoxy) is 1. The SMILES string of the molecule is O=C(C1=CCCC1)N1CC[C@@H]2C[C@H](c3nc(C4CC4)cs3)O[C@H]2C1. The molecule has 5 heteroatoms. The van der Waals surface area contributed by atoms with Crippen LogP contribution < -0.4 is 0 Å². The Morgan fingerprint density at radius 2 is 2.25 bits per heavy atom. The molecule has 4 aliphatic rings. The Kier molecular flexibility index (Phi) is 3.74. The highest BCUT2D eigenvalue weighted by atomic mass is 32.1. The highest BCUT2D eigenvalue weighted by molar-refractivity contribution is 7.09. The van der Waals surface area contributed by atoms with Gasteiger partial charge >= 0.3 is 0 Å². The molecule has 0 N–H and O–H groups in total. The Balaban J connectivity index is 1.25. The summed E-state index contributed by atoms with van der Waals surface area (Å²) in [5.41, 5.74) is 2.30. The van der Waals surface area contributed by atoms with Crippen LogP contribution in [0.4, 0.5) is 0 Å². The average Bonchev–Trinajstić information content (AvgIpc) is 3.06. The third-order valence-electron chi connectivity index (χ3n) is 5.97. The molecule has 0 unspecified atom stereocenters. The first-order chi connectivity index (χ1) is 11.8. The summed E-state index contributed by atoms with van der Waals surface area (Å²) in [5.74, 6) is 1.56. The van der Waals surface area contributed by atoms with Crippen molar-refractivity contribution in [1.82, 2.24) is 9.88 Å². The minimum atomic E-state index is 0.151. The molecule has 1 aromatic rings. The van der Waals surface area contributed by atoms with Crippen LogP contribution in [0.5, 0.6) is 0 Å². The maximum atomic E-state index is 12.6. The summed E-state index contributed by atoms with van der Waals surface area (Å²) < 4.78 is 6.34. The summed E-state index contributed by atoms with van der Waals surface area (Å²) in [6.07, 6.45) is 10.4. The number of thiazole rings is 1. The largest absolute Gasteiger partial charge is 0.366 e. The number of aromatic nitrogens is 1. The van der Waals surface area contributed by atoms with Gasteiger partial charge in [0, 0.05) is 30.0 Å². The third-order valence-corrected chi connectivity index (χ3v) is 6.92. The summed E-state index contributed by atoms with van der Waals surface area (Å²) in [7, 11) is 0. The molecule has 0 aromatic carbocycles. The predicted molar refractivity (Wildman–Crippen MR) is 92.9 cm³/mol. The molecule has 128 valence electrons. The molecule has 1 aromatic heterocycles. The van der Waals surface area contributed by atoms with E-state index in [-0.39, 0.29) is 18.1 Å². The van der Waals surface area contributed by atoms with Crippen molar-refractivity contribution in [3.63, 3.8) is 0 Å². The number of rotatable bonds is 3. The molecule has 2 aliphatic carbocycles. The number of carbonyl (C=O) groups excluding carboxylic acids is 1. The van der Waals surface area contributed by atoms with Crippen molar-refractivity contribution in [3.8, 4) is 0 Å². The predicted octanol–water partition coefficient (Wildman–Crippen LogP) is 3.81. The van der Waals surface area contributed by atoms with Gasteiger partial charge in [0.15, 0.2) is 0 Å². The van der Waals surface area contributed by atoms with Crippen molar-refractivity contribution < 1.29 is 9.53 Å². The van der Waals surface area contributed by atoms with E-state index < -0.39 is 0 Å². The smallest absolute Gasteiger partial charge is 0.249 e. The Bertz CT molecular complexity index is 679. The lowest BCUT2D eigenvalue weighted by Crippen LogP contribution is -2.45. The third kappa shape index (κ3) is 2.72. The van der Waals surface area contributed by atoms with Crippen molar-refractivity contribution in [2.45, 2.75) is 63.1 Å². The fraction of sp³-hybridized carbons (Fsp3) is 0.684. The lowest BCUT2D eigenvalue weighted by molar-refractivity contribution is -0.131. The lowest BCUT2D eigenvalue weighted by atomic mass is 9.91. The number of amides is 1. The molecule has 0 bridgehead atoms. The summed E-state index contributed by atoms with van der Waals surface area (Å²) in [5, 5.41) is 3.38. The molecule has 0 radical (unpaired) electrons. The molecule has 4 nitrogen and oxygen atoms in total. The molecule has 5 rings (SSSR count). The highest BCUT2D eigenvalue weighted by Gasteiger charge is 2.42. The molecular formula is C19H24N2O2S. The first kappa shape index (κ1) is 15.1. The number of carbonyl (C=O) groups is 1. The van der Waals surface area contributed by atoms with E-state index in [1.54, 1.807) is 11.3 Å². The van der Waals surface area contributed by atoms with E-state index in [0.29, 0.717) is 11.8 Å². The second-order valence-corrected chi connectivity index (χ2v) is 8.59. The van der Waals surface area contributed by atoms with Gasteiger partial charge in [-0.05, 0) is 50.9 Å². The van der Waals surface area contributed by atoms with Crippen molar-refractivity contribution in [3.05, 3.63) is 27.7 Å². The van der Waals surface area contributed by atoms with Crippen LogP contribution in [0.3, 0.4) is 0 Å². The molecule has 2 aliphatic heterocycles. The van der Waals surface area contributed by atoms with Crippen LogP contribution in [0.1, 0.15) is 67.7 Å². The Morgan fingerprint density at radius 1 is 1.33 bits per heavy atom. The molecule has 2 saturated heterocycles. The first-order valence-electron chi connectivity index (χ1n) is 9.37. The number of nitrogens with zero attached hydrogens (tertiary/aromatic N) is 2. The maximum absolute atomic E-state index is 12.6. The minimum absolute atomic E-state index is 0.151. The number of hydrogen-bond donors (Lipinski definition) is 0. The van der Waals surface area contributed by atoms with E-state index >= 15 is 0 Å². The molecule has 1 saturated carbocycles. The van der Waals surface area contributed by atoms with Crippen LogP contribution in [0.25, 0.3) is 0 Å². The quantitative estimate of drug-likeness (QED) is 0.837. The number of piperidine rings is 1. The fourth-order valence-electron chi connectivity index (χ4n) is 4.36. The van der Waals surface area contributed by atoms with Crippen molar-refractivity contribution >= 4 is 17.2 Å². The number of fused-ring (bicyclic) bond motifs is 1. The summed E-state index contributed by atoms with van der Waals surface area (Å²) >= 11 is 1.76. The lowest BCUT2D eigenvalue weighted by Gasteiger charge is -2.34. The van der Waals surface area contributed by atoms with E-state index in [0.717, 1.165) is 55.8 Å². The molecular weight excluding hydrogens is 320 g/mol. The zero-order valence-corrected chi connectivity index (χ0v) is 14.8. The van der Waals surface area contributed by atoms with E-state index in [9.17, 15) is 4.79 Å². The van der Waals surface area contributed by atoms with Gasteiger partial charge in [-0.25, -0.2) is 4.98 Å². The van der Waals surface area contributed by atoms with Crippen molar-refractivity contribution in [2.24, 2.45) is 5.92 Å². The van der Waals surface area contributed by atoms with Crippen LogP contribution in [0, 0.1) is 5.92 Å². The minimum Gasteiger partial charge on any atom is -0.366 e. The second kappa shape index (κ2) is 5.95. The van der Waals surface area contributed by atoms with Gasteiger partial charge in [-0.3, -0.25) is 4.79 Å². The summed E-state index contributed by atoms with van der Waals surface area (Å²) in [6, 6.07) is 0. The Morgan fingerprint density at radius 3 is 3.04 bits per heavy atom. The van der Waals surface area contributed by atoms with Crippen LogP contribution in [0.2, 0.25) is 0 Å². The van der Waals surface area contributed by atoms with Gasteiger partial charge in [0.25, 0.3) is 0 Å². The van der Waals surface area contributed by atoms with E-state index in [2.05, 4.69) is 11.5 Å². The molecule has 3 atom stereocenters. The Hall–Kier alpha value is -1.20. The molecule has 3 heterocycles. The number of allylic oxidation sites excluding steroid dienone is 1. The monoisotopic (exact) mass is 344 g/mol.